The molecule has 0 aliphatic rings. The van der Waals surface area contributed by atoms with Crippen LogP contribution in [0.2, 0.25) is 0 Å². The minimum Gasteiger partial charge on any atom is -0.487 e. The van der Waals surface area contributed by atoms with E-state index in [9.17, 15) is 4.79 Å². The van der Waals surface area contributed by atoms with Gasteiger partial charge in [0.25, 0.3) is 0 Å². The third kappa shape index (κ3) is 2.68. The zero-order valence-electron chi connectivity index (χ0n) is 8.22. The number of benzene rings is 1. The van der Waals surface area contributed by atoms with Gasteiger partial charge in [0, 0.05) is 9.85 Å². The van der Waals surface area contributed by atoms with Gasteiger partial charge in [0.1, 0.15) is 12.4 Å². The maximum atomic E-state index is 10.8. The second-order valence-electron chi connectivity index (χ2n) is 3.07. The van der Waals surface area contributed by atoms with Crippen molar-refractivity contribution < 1.29 is 9.53 Å². The summed E-state index contributed by atoms with van der Waals surface area (Å²) < 4.78 is 6.38. The minimum absolute atomic E-state index is 0.381. The Balaban J connectivity index is 2.12. The molecular weight excluding hydrogens is 290 g/mol. The molecule has 3 nitrogen and oxygen atoms in total. The Hall–Kier alpha value is -1.20. The van der Waals surface area contributed by atoms with Gasteiger partial charge in [-0.05, 0) is 18.2 Å². The Kier molecular flexibility index (Phi) is 3.69. The van der Waals surface area contributed by atoms with Crippen molar-refractivity contribution in [3.8, 4) is 5.75 Å². The van der Waals surface area contributed by atoms with Crippen molar-refractivity contribution in [2.24, 2.45) is 0 Å². The maximum Gasteiger partial charge on any atom is 0.153 e. The van der Waals surface area contributed by atoms with Gasteiger partial charge in [0.05, 0.1) is 16.8 Å². The average molecular weight is 298 g/mol. The van der Waals surface area contributed by atoms with Gasteiger partial charge in [-0.15, -0.1) is 11.3 Å². The number of ether oxygens (including phenoxy) is 1. The fraction of sp³-hybridized carbons (Fsp3) is 0.0909. The van der Waals surface area contributed by atoms with E-state index >= 15 is 0 Å². The summed E-state index contributed by atoms with van der Waals surface area (Å²) in [4.78, 5) is 14.9. The molecule has 2 rings (SSSR count). The molecule has 82 valence electrons. The van der Waals surface area contributed by atoms with Gasteiger partial charge in [-0.1, -0.05) is 15.9 Å². The molecule has 0 unspecified atom stereocenters. The predicted molar refractivity (Wildman–Crippen MR) is 66.0 cm³/mol. The Labute approximate surface area is 105 Å². The third-order valence-electron chi connectivity index (χ3n) is 1.96. The van der Waals surface area contributed by atoms with Crippen LogP contribution in [0.15, 0.2) is 33.6 Å². The smallest absolute Gasteiger partial charge is 0.153 e. The van der Waals surface area contributed by atoms with Gasteiger partial charge in [0.2, 0.25) is 0 Å². The van der Waals surface area contributed by atoms with Crippen LogP contribution in [-0.2, 0) is 6.61 Å². The zero-order valence-corrected chi connectivity index (χ0v) is 10.6. The summed E-state index contributed by atoms with van der Waals surface area (Å²) in [6.45, 7) is 0.381. The second-order valence-corrected chi connectivity index (χ2v) is 4.70. The summed E-state index contributed by atoms with van der Waals surface area (Å²) in [6.07, 6.45) is 0.779. The molecule has 0 radical (unpaired) electrons. The molecule has 0 fully saturated rings. The van der Waals surface area contributed by atoms with Gasteiger partial charge in [-0.25, -0.2) is 4.98 Å². The Morgan fingerprint density at radius 1 is 1.50 bits per heavy atom. The van der Waals surface area contributed by atoms with Crippen molar-refractivity contribution >= 4 is 33.6 Å². The lowest BCUT2D eigenvalue weighted by atomic mass is 10.2. The monoisotopic (exact) mass is 297 g/mol. The molecular formula is C11H8BrNO2S. The van der Waals surface area contributed by atoms with Gasteiger partial charge in [-0.3, -0.25) is 4.79 Å². The number of aromatic nitrogens is 1. The normalized spacial score (nSPS) is 10.1. The SMILES string of the molecule is O=Cc1cc(Br)ccc1OCc1cscn1. The van der Waals surface area contributed by atoms with Gasteiger partial charge in [-0.2, -0.15) is 0 Å². The highest BCUT2D eigenvalue weighted by Crippen LogP contribution is 2.22. The van der Waals surface area contributed by atoms with Crippen LogP contribution in [0.4, 0.5) is 0 Å². The number of rotatable bonds is 4. The van der Waals surface area contributed by atoms with Crippen LogP contribution in [0.3, 0.4) is 0 Å². The molecule has 0 N–H and O–H groups in total. The van der Waals surface area contributed by atoms with E-state index < -0.39 is 0 Å². The number of thiazole rings is 1. The second kappa shape index (κ2) is 5.23. The van der Waals surface area contributed by atoms with Crippen LogP contribution in [0.5, 0.6) is 5.75 Å². The van der Waals surface area contributed by atoms with E-state index in [4.69, 9.17) is 4.74 Å². The molecule has 1 aromatic heterocycles. The first kappa shape index (κ1) is 11.3. The van der Waals surface area contributed by atoms with Crippen LogP contribution in [0, 0.1) is 0 Å². The molecule has 0 aliphatic heterocycles. The highest BCUT2D eigenvalue weighted by atomic mass is 79.9. The fourth-order valence-electron chi connectivity index (χ4n) is 1.20. The predicted octanol–water partition coefficient (Wildman–Crippen LogP) is 3.30. The first-order valence-electron chi connectivity index (χ1n) is 4.54. The minimum atomic E-state index is 0.381. The van der Waals surface area contributed by atoms with Crippen molar-refractivity contribution in [1.29, 1.82) is 0 Å². The number of aldehydes is 1. The molecule has 0 aliphatic carbocycles. The number of hydrogen-bond acceptors (Lipinski definition) is 4. The number of carbonyl (C=O) groups excluding carboxylic acids is 1. The number of nitrogens with zero attached hydrogens (tertiary/aromatic N) is 1. The highest BCUT2D eigenvalue weighted by molar-refractivity contribution is 9.10. The molecule has 0 bridgehead atoms. The summed E-state index contributed by atoms with van der Waals surface area (Å²) in [5.74, 6) is 0.575. The maximum absolute atomic E-state index is 10.8. The lowest BCUT2D eigenvalue weighted by Crippen LogP contribution is -1.98. The van der Waals surface area contributed by atoms with Gasteiger partial charge < -0.3 is 4.74 Å². The summed E-state index contributed by atoms with van der Waals surface area (Å²) in [5, 5.41) is 1.92. The third-order valence-corrected chi connectivity index (χ3v) is 3.09. The van der Waals surface area contributed by atoms with Crippen LogP contribution in [0.25, 0.3) is 0 Å². The average Bonchev–Trinajstić information content (AvgIpc) is 2.80. The Morgan fingerprint density at radius 2 is 2.38 bits per heavy atom. The van der Waals surface area contributed by atoms with Crippen molar-refractivity contribution in [2.75, 3.05) is 0 Å². The first-order chi connectivity index (χ1) is 7.79. The summed E-state index contributed by atoms with van der Waals surface area (Å²) in [7, 11) is 0. The standard InChI is InChI=1S/C11H8BrNO2S/c12-9-1-2-11(8(3-9)4-14)15-5-10-6-16-7-13-10/h1-4,6-7H,5H2. The van der Waals surface area contributed by atoms with E-state index in [1.54, 1.807) is 17.6 Å². The van der Waals surface area contributed by atoms with E-state index in [0.29, 0.717) is 17.9 Å². The summed E-state index contributed by atoms with van der Waals surface area (Å²) >= 11 is 4.82. The van der Waals surface area contributed by atoms with E-state index in [1.165, 1.54) is 11.3 Å². The topological polar surface area (TPSA) is 39.2 Å². The van der Waals surface area contributed by atoms with E-state index in [0.717, 1.165) is 16.5 Å². The van der Waals surface area contributed by atoms with Crippen molar-refractivity contribution in [1.82, 2.24) is 4.98 Å². The number of carbonyl (C=O) groups is 1. The molecule has 0 amide bonds. The number of hydrogen-bond donors (Lipinski definition) is 0. The molecule has 2 aromatic rings. The molecule has 0 atom stereocenters. The van der Waals surface area contributed by atoms with Crippen molar-refractivity contribution in [3.05, 3.63) is 44.8 Å². The lowest BCUT2D eigenvalue weighted by molar-refractivity contribution is 0.111. The fourth-order valence-corrected chi connectivity index (χ4v) is 2.13. The largest absolute Gasteiger partial charge is 0.487 e. The van der Waals surface area contributed by atoms with Gasteiger partial charge >= 0.3 is 0 Å². The Morgan fingerprint density at radius 3 is 3.06 bits per heavy atom. The molecule has 0 spiro atoms. The van der Waals surface area contributed by atoms with E-state index in [2.05, 4.69) is 20.9 Å². The van der Waals surface area contributed by atoms with Gasteiger partial charge in [0.15, 0.2) is 6.29 Å². The highest BCUT2D eigenvalue weighted by Gasteiger charge is 2.04. The lowest BCUT2D eigenvalue weighted by Gasteiger charge is -2.06. The van der Waals surface area contributed by atoms with Crippen LogP contribution < -0.4 is 4.74 Å². The first-order valence-corrected chi connectivity index (χ1v) is 6.28. The molecule has 0 saturated carbocycles. The van der Waals surface area contributed by atoms with Crippen LogP contribution in [0.1, 0.15) is 16.1 Å². The summed E-state index contributed by atoms with van der Waals surface area (Å²) in [6, 6.07) is 5.33. The quantitative estimate of drug-likeness (QED) is 0.813. The molecule has 5 heteroatoms. The molecule has 16 heavy (non-hydrogen) atoms. The van der Waals surface area contributed by atoms with E-state index in [-0.39, 0.29) is 0 Å². The van der Waals surface area contributed by atoms with Crippen LogP contribution in [-0.4, -0.2) is 11.3 Å². The molecule has 0 saturated heterocycles. The van der Waals surface area contributed by atoms with E-state index in [1.807, 2.05) is 11.4 Å². The summed E-state index contributed by atoms with van der Waals surface area (Å²) in [5.41, 5.74) is 3.15. The molecule has 1 heterocycles. The number of halogens is 1. The van der Waals surface area contributed by atoms with Crippen molar-refractivity contribution in [3.63, 3.8) is 0 Å². The van der Waals surface area contributed by atoms with Crippen molar-refractivity contribution in [2.45, 2.75) is 6.61 Å². The Bertz CT molecular complexity index is 485. The molecule has 1 aromatic carbocycles. The zero-order chi connectivity index (χ0) is 11.4. The van der Waals surface area contributed by atoms with Crippen LogP contribution >= 0.6 is 27.3 Å².